The van der Waals surface area contributed by atoms with Crippen molar-refractivity contribution in [1.29, 1.82) is 0 Å². The lowest BCUT2D eigenvalue weighted by Crippen LogP contribution is -2.13. The zero-order chi connectivity index (χ0) is 12.5. The van der Waals surface area contributed by atoms with Gasteiger partial charge in [-0.25, -0.2) is 0 Å². The van der Waals surface area contributed by atoms with Gasteiger partial charge in [0.2, 0.25) is 0 Å². The molecular formula is C14H23NOS. The van der Waals surface area contributed by atoms with Gasteiger partial charge in [0.25, 0.3) is 0 Å². The Bertz CT molecular complexity index is 300. The molecule has 0 bridgehead atoms. The second kappa shape index (κ2) is 8.56. The highest BCUT2D eigenvalue weighted by Gasteiger charge is 2.05. The molecule has 1 unspecified atom stereocenters. The van der Waals surface area contributed by atoms with Crippen LogP contribution >= 0.6 is 11.8 Å². The van der Waals surface area contributed by atoms with E-state index in [1.54, 1.807) is 0 Å². The maximum atomic E-state index is 8.68. The quantitative estimate of drug-likeness (QED) is 0.700. The van der Waals surface area contributed by atoms with Crippen LogP contribution in [0.25, 0.3) is 0 Å². The van der Waals surface area contributed by atoms with Crippen molar-refractivity contribution in [2.45, 2.75) is 32.2 Å². The first kappa shape index (κ1) is 14.6. The third-order valence-corrected chi connectivity index (χ3v) is 3.86. The fourth-order valence-electron chi connectivity index (χ4n) is 1.69. The summed E-state index contributed by atoms with van der Waals surface area (Å²) in [5.74, 6) is 1.91. The third-order valence-electron chi connectivity index (χ3n) is 2.69. The Labute approximate surface area is 109 Å². The molecule has 1 rings (SSSR count). The highest BCUT2D eigenvalue weighted by atomic mass is 32.2. The van der Waals surface area contributed by atoms with Crippen LogP contribution in [0.15, 0.2) is 24.3 Å². The first-order valence-electron chi connectivity index (χ1n) is 6.31. The highest BCUT2D eigenvalue weighted by Crippen LogP contribution is 2.17. The smallest absolute Gasteiger partial charge is 0.0438 e. The molecule has 0 aliphatic heterocycles. The van der Waals surface area contributed by atoms with Crippen LogP contribution in [0.1, 0.15) is 36.9 Å². The lowest BCUT2D eigenvalue weighted by Gasteiger charge is -2.12. The third kappa shape index (κ3) is 5.57. The van der Waals surface area contributed by atoms with Crippen LogP contribution < -0.4 is 5.73 Å². The highest BCUT2D eigenvalue weighted by molar-refractivity contribution is 7.99. The van der Waals surface area contributed by atoms with Gasteiger partial charge in [-0.2, -0.15) is 11.8 Å². The monoisotopic (exact) mass is 253 g/mol. The van der Waals surface area contributed by atoms with Crippen molar-refractivity contribution in [2.24, 2.45) is 5.73 Å². The molecule has 96 valence electrons. The topological polar surface area (TPSA) is 46.2 Å². The summed E-state index contributed by atoms with van der Waals surface area (Å²) >= 11 is 1.81. The van der Waals surface area contributed by atoms with Gasteiger partial charge in [-0.3, -0.25) is 0 Å². The second-order valence-corrected chi connectivity index (χ2v) is 5.40. The Morgan fingerprint density at radius 2 is 2.00 bits per heavy atom. The minimum absolute atomic E-state index is 0.106. The first-order chi connectivity index (χ1) is 8.27. The minimum Gasteiger partial charge on any atom is -0.396 e. The summed E-state index contributed by atoms with van der Waals surface area (Å²) in [7, 11) is 0. The molecule has 17 heavy (non-hydrogen) atoms. The molecule has 1 aromatic carbocycles. The molecule has 1 aromatic rings. The fourth-order valence-corrected chi connectivity index (χ4v) is 2.64. The van der Waals surface area contributed by atoms with Crippen molar-refractivity contribution in [1.82, 2.24) is 0 Å². The average molecular weight is 253 g/mol. The summed E-state index contributed by atoms with van der Waals surface area (Å²) in [6.07, 6.45) is 3.18. The van der Waals surface area contributed by atoms with E-state index >= 15 is 0 Å². The number of hydrogen-bond donors (Lipinski definition) is 2. The molecule has 0 amide bonds. The Morgan fingerprint density at radius 1 is 1.29 bits per heavy atom. The molecule has 0 fully saturated rings. The molecule has 0 heterocycles. The summed E-state index contributed by atoms with van der Waals surface area (Å²) in [6, 6.07) is 8.74. The van der Waals surface area contributed by atoms with E-state index in [2.05, 4.69) is 31.2 Å². The van der Waals surface area contributed by atoms with Gasteiger partial charge in [0, 0.05) is 18.4 Å². The van der Waals surface area contributed by atoms with Crippen molar-refractivity contribution >= 4 is 11.8 Å². The standard InChI is InChI=1S/C14H23NOS/c1-2-4-12-5-7-13(8-6-12)14(15)11-17-10-3-9-16/h5-8,14,16H,2-4,9-11,15H2,1H3. The lowest BCUT2D eigenvalue weighted by atomic mass is 10.0. The SMILES string of the molecule is CCCc1ccc(C(N)CSCCCO)cc1. The van der Waals surface area contributed by atoms with Gasteiger partial charge in [-0.05, 0) is 29.7 Å². The van der Waals surface area contributed by atoms with Gasteiger partial charge in [-0.15, -0.1) is 0 Å². The maximum Gasteiger partial charge on any atom is 0.0438 e. The number of benzene rings is 1. The minimum atomic E-state index is 0.106. The predicted molar refractivity (Wildman–Crippen MR) is 76.4 cm³/mol. The number of aliphatic hydroxyl groups is 1. The molecule has 2 nitrogen and oxygen atoms in total. The molecule has 0 radical (unpaired) electrons. The average Bonchev–Trinajstić information content (AvgIpc) is 2.36. The Balaban J connectivity index is 2.37. The molecular weight excluding hydrogens is 230 g/mol. The number of aryl methyl sites for hydroxylation is 1. The molecule has 0 saturated heterocycles. The van der Waals surface area contributed by atoms with Crippen LogP contribution in [-0.2, 0) is 6.42 Å². The number of rotatable bonds is 8. The maximum absolute atomic E-state index is 8.68. The Hall–Kier alpha value is -0.510. The number of thioether (sulfide) groups is 1. The van der Waals surface area contributed by atoms with E-state index in [1.165, 1.54) is 17.5 Å². The van der Waals surface area contributed by atoms with E-state index in [0.717, 1.165) is 24.3 Å². The van der Waals surface area contributed by atoms with Crippen molar-refractivity contribution in [3.05, 3.63) is 35.4 Å². The summed E-state index contributed by atoms with van der Waals surface area (Å²) in [6.45, 7) is 2.46. The summed E-state index contributed by atoms with van der Waals surface area (Å²) in [5.41, 5.74) is 8.71. The van der Waals surface area contributed by atoms with Crippen LogP contribution in [0.4, 0.5) is 0 Å². The van der Waals surface area contributed by atoms with Crippen molar-refractivity contribution in [2.75, 3.05) is 18.1 Å². The summed E-state index contributed by atoms with van der Waals surface area (Å²) in [4.78, 5) is 0. The molecule has 0 aromatic heterocycles. The van der Waals surface area contributed by atoms with Gasteiger partial charge >= 0.3 is 0 Å². The van der Waals surface area contributed by atoms with Gasteiger partial charge in [0.1, 0.15) is 0 Å². The molecule has 3 heteroatoms. The van der Waals surface area contributed by atoms with Gasteiger partial charge in [-0.1, -0.05) is 37.6 Å². The van der Waals surface area contributed by atoms with Gasteiger partial charge < -0.3 is 10.8 Å². The Morgan fingerprint density at radius 3 is 2.59 bits per heavy atom. The van der Waals surface area contributed by atoms with Crippen LogP contribution in [0.5, 0.6) is 0 Å². The molecule has 3 N–H and O–H groups in total. The number of aliphatic hydroxyl groups excluding tert-OH is 1. The molecule has 0 saturated carbocycles. The van der Waals surface area contributed by atoms with E-state index in [0.29, 0.717) is 0 Å². The zero-order valence-electron chi connectivity index (χ0n) is 10.6. The zero-order valence-corrected chi connectivity index (χ0v) is 11.4. The fraction of sp³-hybridized carbons (Fsp3) is 0.571. The van der Waals surface area contributed by atoms with Gasteiger partial charge in [0.15, 0.2) is 0 Å². The number of hydrogen-bond acceptors (Lipinski definition) is 3. The van der Waals surface area contributed by atoms with Crippen LogP contribution in [0.2, 0.25) is 0 Å². The van der Waals surface area contributed by atoms with E-state index < -0.39 is 0 Å². The molecule has 1 atom stereocenters. The lowest BCUT2D eigenvalue weighted by molar-refractivity contribution is 0.296. The van der Waals surface area contributed by atoms with E-state index in [4.69, 9.17) is 10.8 Å². The largest absolute Gasteiger partial charge is 0.396 e. The first-order valence-corrected chi connectivity index (χ1v) is 7.46. The predicted octanol–water partition coefficient (Wildman–Crippen LogP) is 2.75. The second-order valence-electron chi connectivity index (χ2n) is 4.25. The number of nitrogens with two attached hydrogens (primary N) is 1. The van der Waals surface area contributed by atoms with Crippen LogP contribution in [0, 0.1) is 0 Å². The van der Waals surface area contributed by atoms with E-state index in [-0.39, 0.29) is 12.6 Å². The molecule has 0 spiro atoms. The van der Waals surface area contributed by atoms with E-state index in [9.17, 15) is 0 Å². The van der Waals surface area contributed by atoms with E-state index in [1.807, 2.05) is 11.8 Å². The summed E-state index contributed by atoms with van der Waals surface area (Å²) < 4.78 is 0. The summed E-state index contributed by atoms with van der Waals surface area (Å²) in [5, 5.41) is 8.68. The van der Waals surface area contributed by atoms with Crippen molar-refractivity contribution < 1.29 is 5.11 Å². The van der Waals surface area contributed by atoms with Crippen molar-refractivity contribution in [3.63, 3.8) is 0 Å². The van der Waals surface area contributed by atoms with Crippen LogP contribution in [-0.4, -0.2) is 23.2 Å². The Kier molecular flexibility index (Phi) is 7.33. The molecule has 0 aliphatic rings. The molecule has 0 aliphatic carbocycles. The van der Waals surface area contributed by atoms with Crippen molar-refractivity contribution in [3.8, 4) is 0 Å². The van der Waals surface area contributed by atoms with Gasteiger partial charge in [0.05, 0.1) is 0 Å². The normalized spacial score (nSPS) is 12.6. The van der Waals surface area contributed by atoms with Crippen LogP contribution in [0.3, 0.4) is 0 Å².